The molecule has 0 aliphatic rings. The summed E-state index contributed by atoms with van der Waals surface area (Å²) in [7, 11) is 0. The number of non-ortho nitro benzene ring substituents is 1. The van der Waals surface area contributed by atoms with Crippen molar-refractivity contribution in [2.75, 3.05) is 5.43 Å². The smallest absolute Gasteiger partial charge is 0.273 e. The van der Waals surface area contributed by atoms with Crippen molar-refractivity contribution in [3.8, 4) is 11.6 Å². The van der Waals surface area contributed by atoms with E-state index >= 15 is 0 Å². The molecule has 0 saturated heterocycles. The molecule has 0 fully saturated rings. The molecule has 0 spiro atoms. The quantitative estimate of drug-likeness (QED) is 0.509. The Labute approximate surface area is 123 Å². The summed E-state index contributed by atoms with van der Waals surface area (Å²) < 4.78 is 5.40. The van der Waals surface area contributed by atoms with E-state index in [2.05, 4.69) is 10.4 Å². The maximum Gasteiger partial charge on any atom is 0.273 e. The van der Waals surface area contributed by atoms with Gasteiger partial charge in [-0.25, -0.2) is 5.84 Å². The van der Waals surface area contributed by atoms with Crippen molar-refractivity contribution >= 4 is 34.7 Å². The molecule has 1 heterocycles. The molecule has 0 radical (unpaired) electrons. The molecule has 0 aliphatic heterocycles. The summed E-state index contributed by atoms with van der Waals surface area (Å²) in [6.07, 6.45) is 0. The highest BCUT2D eigenvalue weighted by molar-refractivity contribution is 6.36. The largest absolute Gasteiger partial charge is 0.437 e. The van der Waals surface area contributed by atoms with Crippen molar-refractivity contribution < 1.29 is 9.66 Å². The Balaban J connectivity index is 2.34. The first-order valence-corrected chi connectivity index (χ1v) is 6.02. The number of nitrogens with one attached hydrogen (secondary N) is 1. The minimum absolute atomic E-state index is 0.0320. The van der Waals surface area contributed by atoms with Crippen LogP contribution in [-0.2, 0) is 0 Å². The maximum atomic E-state index is 10.7. The number of pyridine rings is 1. The molecule has 0 amide bonds. The Kier molecular flexibility index (Phi) is 4.23. The van der Waals surface area contributed by atoms with Crippen LogP contribution in [0.2, 0.25) is 10.0 Å². The van der Waals surface area contributed by atoms with Crippen molar-refractivity contribution in [2.24, 2.45) is 5.84 Å². The number of aromatic nitrogens is 1. The van der Waals surface area contributed by atoms with E-state index in [9.17, 15) is 10.1 Å². The summed E-state index contributed by atoms with van der Waals surface area (Å²) in [6.45, 7) is 0. The van der Waals surface area contributed by atoms with Crippen LogP contribution in [0.5, 0.6) is 11.6 Å². The molecular formula is C11H8Cl2N4O3. The normalized spacial score (nSPS) is 10.2. The predicted octanol–water partition coefficient (Wildman–Crippen LogP) is 3.37. The summed E-state index contributed by atoms with van der Waals surface area (Å²) >= 11 is 11.8. The lowest BCUT2D eigenvalue weighted by atomic mass is 10.3. The summed E-state index contributed by atoms with van der Waals surface area (Å²) in [6, 6.07) is 7.02. The van der Waals surface area contributed by atoms with Gasteiger partial charge in [0.1, 0.15) is 10.8 Å². The number of nitrogens with zero attached hydrogens (tertiary/aromatic N) is 2. The van der Waals surface area contributed by atoms with Gasteiger partial charge >= 0.3 is 0 Å². The number of nitrogen functional groups attached to an aromatic ring is 1. The van der Waals surface area contributed by atoms with E-state index < -0.39 is 4.92 Å². The predicted molar refractivity (Wildman–Crippen MR) is 75.2 cm³/mol. The molecule has 1 aromatic carbocycles. The van der Waals surface area contributed by atoms with E-state index in [0.29, 0.717) is 0 Å². The summed E-state index contributed by atoms with van der Waals surface area (Å²) in [4.78, 5) is 14.1. The number of rotatable bonds is 4. The van der Waals surface area contributed by atoms with Crippen LogP contribution in [0.1, 0.15) is 0 Å². The van der Waals surface area contributed by atoms with E-state index in [4.69, 9.17) is 33.8 Å². The Bertz CT molecular complexity index is 666. The van der Waals surface area contributed by atoms with Crippen LogP contribution < -0.4 is 16.0 Å². The topological polar surface area (TPSA) is 103 Å². The third-order valence-corrected chi connectivity index (χ3v) is 2.84. The average molecular weight is 315 g/mol. The van der Waals surface area contributed by atoms with E-state index in [-0.39, 0.29) is 33.2 Å². The third kappa shape index (κ3) is 3.08. The van der Waals surface area contributed by atoms with Crippen LogP contribution >= 0.6 is 23.2 Å². The van der Waals surface area contributed by atoms with Gasteiger partial charge in [0.15, 0.2) is 5.82 Å². The van der Waals surface area contributed by atoms with Crippen LogP contribution in [0, 0.1) is 10.1 Å². The average Bonchev–Trinajstić information content (AvgIpc) is 2.42. The second kappa shape index (κ2) is 5.91. The zero-order chi connectivity index (χ0) is 14.7. The van der Waals surface area contributed by atoms with Crippen molar-refractivity contribution in [1.29, 1.82) is 0 Å². The van der Waals surface area contributed by atoms with E-state index in [1.807, 2.05) is 0 Å². The Morgan fingerprint density at radius 3 is 2.70 bits per heavy atom. The van der Waals surface area contributed by atoms with Crippen LogP contribution in [0.25, 0.3) is 0 Å². The number of nitrogens with two attached hydrogens (primary N) is 1. The SMILES string of the molecule is NNc1nc(Oc2cccc([N+](=O)[O-])c2)c(Cl)cc1Cl. The minimum atomic E-state index is -0.531. The molecule has 2 aromatic rings. The molecule has 20 heavy (non-hydrogen) atoms. The Morgan fingerprint density at radius 1 is 1.30 bits per heavy atom. The van der Waals surface area contributed by atoms with Gasteiger partial charge in [-0.1, -0.05) is 29.3 Å². The fourth-order valence-electron chi connectivity index (χ4n) is 1.39. The summed E-state index contributed by atoms with van der Waals surface area (Å²) in [5, 5.41) is 11.1. The van der Waals surface area contributed by atoms with Crippen molar-refractivity contribution in [3.63, 3.8) is 0 Å². The third-order valence-electron chi connectivity index (χ3n) is 2.28. The molecule has 0 bridgehead atoms. The number of halogens is 2. The maximum absolute atomic E-state index is 10.7. The minimum Gasteiger partial charge on any atom is -0.437 e. The van der Waals surface area contributed by atoms with Crippen LogP contribution in [-0.4, -0.2) is 9.91 Å². The van der Waals surface area contributed by atoms with Crippen molar-refractivity contribution in [3.05, 3.63) is 50.5 Å². The van der Waals surface area contributed by atoms with Gasteiger partial charge < -0.3 is 10.2 Å². The van der Waals surface area contributed by atoms with Gasteiger partial charge in [-0.05, 0) is 12.1 Å². The molecule has 3 N–H and O–H groups in total. The highest BCUT2D eigenvalue weighted by Crippen LogP contribution is 2.33. The first kappa shape index (κ1) is 14.3. The second-order valence-electron chi connectivity index (χ2n) is 3.61. The number of anilines is 1. The van der Waals surface area contributed by atoms with Crippen LogP contribution in [0.4, 0.5) is 11.5 Å². The number of hydrazine groups is 1. The molecule has 0 saturated carbocycles. The summed E-state index contributed by atoms with van der Waals surface area (Å²) in [5.41, 5.74) is 2.18. The van der Waals surface area contributed by atoms with E-state index in [1.165, 1.54) is 30.3 Å². The van der Waals surface area contributed by atoms with E-state index in [0.717, 1.165) is 0 Å². The van der Waals surface area contributed by atoms with Gasteiger partial charge in [0.25, 0.3) is 5.69 Å². The van der Waals surface area contributed by atoms with Crippen molar-refractivity contribution in [2.45, 2.75) is 0 Å². The molecular weight excluding hydrogens is 307 g/mol. The number of benzene rings is 1. The molecule has 104 valence electrons. The van der Waals surface area contributed by atoms with E-state index in [1.54, 1.807) is 0 Å². The standard InChI is InChI=1S/C11H8Cl2N4O3/c12-8-5-9(13)11(15-10(8)16-14)20-7-3-1-2-6(4-7)17(18)19/h1-5H,14H2,(H,15,16). The Hall–Kier alpha value is -2.09. The lowest BCUT2D eigenvalue weighted by Gasteiger charge is -2.09. The fourth-order valence-corrected chi connectivity index (χ4v) is 1.85. The number of nitro benzene ring substituents is 1. The second-order valence-corrected chi connectivity index (χ2v) is 4.42. The molecule has 0 aliphatic carbocycles. The number of hydrogen-bond donors (Lipinski definition) is 2. The first-order chi connectivity index (χ1) is 9.51. The zero-order valence-electron chi connectivity index (χ0n) is 9.84. The monoisotopic (exact) mass is 314 g/mol. The highest BCUT2D eigenvalue weighted by Gasteiger charge is 2.12. The lowest BCUT2D eigenvalue weighted by molar-refractivity contribution is -0.384. The van der Waals surface area contributed by atoms with Crippen molar-refractivity contribution in [1.82, 2.24) is 4.98 Å². The zero-order valence-corrected chi connectivity index (χ0v) is 11.4. The van der Waals surface area contributed by atoms with Gasteiger partial charge in [-0.15, -0.1) is 0 Å². The van der Waals surface area contributed by atoms with Gasteiger partial charge in [0, 0.05) is 6.07 Å². The Morgan fingerprint density at radius 2 is 2.05 bits per heavy atom. The van der Waals surface area contributed by atoms with Gasteiger partial charge in [0.05, 0.1) is 16.0 Å². The van der Waals surface area contributed by atoms with Gasteiger partial charge in [-0.2, -0.15) is 4.98 Å². The molecule has 1 aromatic heterocycles. The molecule has 2 rings (SSSR count). The summed E-state index contributed by atoms with van der Waals surface area (Å²) in [5.74, 6) is 5.67. The molecule has 9 heteroatoms. The molecule has 7 nitrogen and oxygen atoms in total. The molecule has 0 unspecified atom stereocenters. The van der Waals surface area contributed by atoms with Crippen LogP contribution in [0.15, 0.2) is 30.3 Å². The number of nitro groups is 1. The number of hydrogen-bond acceptors (Lipinski definition) is 6. The lowest BCUT2D eigenvalue weighted by Crippen LogP contribution is -2.09. The fraction of sp³-hybridized carbons (Fsp3) is 0. The van der Waals surface area contributed by atoms with Gasteiger partial charge in [0.2, 0.25) is 5.88 Å². The molecule has 0 atom stereocenters. The van der Waals surface area contributed by atoms with Gasteiger partial charge in [-0.3, -0.25) is 10.1 Å². The van der Waals surface area contributed by atoms with Crippen LogP contribution in [0.3, 0.4) is 0 Å². The first-order valence-electron chi connectivity index (χ1n) is 5.26. The number of ether oxygens (including phenoxy) is 1. The highest BCUT2D eigenvalue weighted by atomic mass is 35.5.